The van der Waals surface area contributed by atoms with Crippen LogP contribution in [0, 0.1) is 0 Å². The van der Waals surface area contributed by atoms with Crippen LogP contribution < -0.4 is 4.72 Å². The fourth-order valence-corrected chi connectivity index (χ4v) is 7.39. The molecule has 0 aliphatic carbocycles. The van der Waals surface area contributed by atoms with Crippen molar-refractivity contribution in [2.24, 2.45) is 0 Å². The van der Waals surface area contributed by atoms with Crippen molar-refractivity contribution in [1.82, 2.24) is 14.5 Å². The summed E-state index contributed by atoms with van der Waals surface area (Å²) in [4.78, 5) is 29.0. The summed E-state index contributed by atoms with van der Waals surface area (Å²) < 4.78 is 55.6. The fourth-order valence-electron chi connectivity index (χ4n) is 3.71. The van der Waals surface area contributed by atoms with Crippen LogP contribution in [0.2, 0.25) is 4.34 Å². The molecule has 2 aliphatic heterocycles. The Morgan fingerprint density at radius 1 is 1.19 bits per heavy atom. The Morgan fingerprint density at radius 2 is 1.91 bits per heavy atom. The number of hydrogen-bond donors (Lipinski definition) is 1. The third-order valence-corrected chi connectivity index (χ3v) is 9.81. The highest BCUT2D eigenvalue weighted by molar-refractivity contribution is 7.91. The maximum absolute atomic E-state index is 13.4. The van der Waals surface area contributed by atoms with E-state index in [1.54, 1.807) is 18.2 Å². The van der Waals surface area contributed by atoms with Crippen molar-refractivity contribution in [3.8, 4) is 9.75 Å². The molecular formula is C19H20ClF2N3O4S3. The second kappa shape index (κ2) is 8.98. The molecule has 0 bridgehead atoms. The van der Waals surface area contributed by atoms with Gasteiger partial charge < -0.3 is 9.80 Å². The number of nitrogens with one attached hydrogen (secondary N) is 1. The summed E-state index contributed by atoms with van der Waals surface area (Å²) in [7, 11) is -3.96. The number of amides is 2. The summed E-state index contributed by atoms with van der Waals surface area (Å²) in [5.74, 6) is -3.99. The lowest BCUT2D eigenvalue weighted by molar-refractivity contribution is -0.143. The first-order valence-corrected chi connectivity index (χ1v) is 13.4. The molecule has 0 spiro atoms. The van der Waals surface area contributed by atoms with Crippen LogP contribution in [0.5, 0.6) is 0 Å². The van der Waals surface area contributed by atoms with Crippen molar-refractivity contribution in [1.29, 1.82) is 0 Å². The number of piperidine rings is 1. The van der Waals surface area contributed by atoms with E-state index in [-0.39, 0.29) is 23.8 Å². The van der Waals surface area contributed by atoms with Gasteiger partial charge in [-0.05, 0) is 37.1 Å². The summed E-state index contributed by atoms with van der Waals surface area (Å²) >= 11 is 8.35. The van der Waals surface area contributed by atoms with Gasteiger partial charge in [-0.1, -0.05) is 11.6 Å². The van der Waals surface area contributed by atoms with Crippen LogP contribution in [-0.4, -0.2) is 68.2 Å². The lowest BCUT2D eigenvalue weighted by Crippen LogP contribution is -2.54. The van der Waals surface area contributed by atoms with E-state index < -0.39 is 46.8 Å². The number of likely N-dealkylation sites (tertiary alicyclic amines) is 2. The Morgan fingerprint density at radius 3 is 2.56 bits per heavy atom. The third kappa shape index (κ3) is 5.14. The van der Waals surface area contributed by atoms with Crippen molar-refractivity contribution in [3.63, 3.8) is 0 Å². The number of sulfonamides is 1. The monoisotopic (exact) mass is 523 g/mol. The number of nitrogens with zero attached hydrogens (tertiary/aromatic N) is 2. The maximum Gasteiger partial charge on any atom is 0.267 e. The van der Waals surface area contributed by atoms with Gasteiger partial charge >= 0.3 is 0 Å². The quantitative estimate of drug-likeness (QED) is 0.629. The number of alkyl halides is 2. The molecule has 0 aromatic carbocycles. The molecule has 1 atom stereocenters. The molecule has 4 rings (SSSR count). The first-order chi connectivity index (χ1) is 15.0. The summed E-state index contributed by atoms with van der Waals surface area (Å²) in [6, 6.07) is 5.67. The molecule has 2 fully saturated rings. The molecule has 2 amide bonds. The van der Waals surface area contributed by atoms with Crippen molar-refractivity contribution in [2.75, 3.05) is 26.2 Å². The van der Waals surface area contributed by atoms with Crippen LogP contribution in [0.3, 0.4) is 0 Å². The molecule has 32 heavy (non-hydrogen) atoms. The molecule has 2 saturated heterocycles. The van der Waals surface area contributed by atoms with Gasteiger partial charge in [0.1, 0.15) is 10.3 Å². The van der Waals surface area contributed by atoms with Gasteiger partial charge in [-0.25, -0.2) is 17.2 Å². The minimum absolute atomic E-state index is 0.0555. The van der Waals surface area contributed by atoms with Crippen molar-refractivity contribution >= 4 is 56.1 Å². The molecular weight excluding hydrogens is 504 g/mol. The highest BCUT2D eigenvalue weighted by atomic mass is 35.5. The van der Waals surface area contributed by atoms with Crippen LogP contribution in [0.15, 0.2) is 28.5 Å². The Labute approximate surface area is 197 Å². The van der Waals surface area contributed by atoms with Gasteiger partial charge in [-0.2, -0.15) is 4.72 Å². The van der Waals surface area contributed by atoms with Gasteiger partial charge in [-0.15, -0.1) is 22.7 Å². The van der Waals surface area contributed by atoms with E-state index in [0.29, 0.717) is 17.2 Å². The lowest BCUT2D eigenvalue weighted by atomic mass is 10.1. The van der Waals surface area contributed by atoms with E-state index in [1.165, 1.54) is 22.3 Å². The highest BCUT2D eigenvalue weighted by Crippen LogP contribution is 2.37. The zero-order valence-corrected chi connectivity index (χ0v) is 19.9. The van der Waals surface area contributed by atoms with Gasteiger partial charge in [0.15, 0.2) is 0 Å². The largest absolute Gasteiger partial charge is 0.335 e. The second-order valence-corrected chi connectivity index (χ2v) is 12.5. The molecule has 7 nitrogen and oxygen atoms in total. The van der Waals surface area contributed by atoms with Crippen LogP contribution in [0.4, 0.5) is 8.78 Å². The van der Waals surface area contributed by atoms with Gasteiger partial charge in [0.05, 0.1) is 17.4 Å². The number of thiophene rings is 2. The molecule has 2 aromatic rings. The van der Waals surface area contributed by atoms with Crippen LogP contribution in [-0.2, 0) is 19.6 Å². The molecule has 0 radical (unpaired) electrons. The van der Waals surface area contributed by atoms with Gasteiger partial charge in [0.25, 0.3) is 15.9 Å². The van der Waals surface area contributed by atoms with Gasteiger partial charge in [-0.3, -0.25) is 9.59 Å². The van der Waals surface area contributed by atoms with Crippen LogP contribution >= 0.6 is 34.3 Å². The highest BCUT2D eigenvalue weighted by Gasteiger charge is 2.41. The predicted molar refractivity (Wildman–Crippen MR) is 119 cm³/mol. The second-order valence-electron chi connectivity index (χ2n) is 7.72. The summed E-state index contributed by atoms with van der Waals surface area (Å²) in [6.45, 7) is -0.773. The zero-order valence-electron chi connectivity index (χ0n) is 16.7. The average molecular weight is 524 g/mol. The summed E-state index contributed by atoms with van der Waals surface area (Å²) in [5.41, 5.74) is 0. The molecule has 1 N–H and O–H groups in total. The topological polar surface area (TPSA) is 86.8 Å². The molecule has 2 aliphatic rings. The molecule has 2 aromatic heterocycles. The van der Waals surface area contributed by atoms with Gasteiger partial charge in [0.2, 0.25) is 11.8 Å². The normalized spacial score (nSPS) is 21.3. The first kappa shape index (κ1) is 23.6. The maximum atomic E-state index is 13.4. The Hall–Kier alpha value is -1.60. The van der Waals surface area contributed by atoms with Gasteiger partial charge in [0, 0.05) is 29.3 Å². The van der Waals surface area contributed by atoms with Crippen LogP contribution in [0.25, 0.3) is 9.75 Å². The Balaban J connectivity index is 1.41. The number of rotatable bonds is 6. The minimum Gasteiger partial charge on any atom is -0.335 e. The van der Waals surface area contributed by atoms with Crippen molar-refractivity contribution < 1.29 is 26.8 Å². The molecule has 13 heteroatoms. The van der Waals surface area contributed by atoms with E-state index in [0.717, 1.165) is 26.0 Å². The van der Waals surface area contributed by atoms with E-state index in [9.17, 15) is 26.8 Å². The molecule has 4 heterocycles. The first-order valence-electron chi connectivity index (χ1n) is 9.86. The van der Waals surface area contributed by atoms with Crippen molar-refractivity contribution in [2.45, 2.75) is 35.4 Å². The van der Waals surface area contributed by atoms with E-state index in [1.807, 2.05) is 0 Å². The Kier molecular flexibility index (Phi) is 6.61. The number of carbonyl (C=O) groups is 2. The third-order valence-electron chi connectivity index (χ3n) is 5.34. The summed E-state index contributed by atoms with van der Waals surface area (Å²) in [6.07, 6.45) is 0.393. The number of hydrogen-bond acceptors (Lipinski definition) is 6. The van der Waals surface area contributed by atoms with E-state index in [2.05, 4.69) is 4.72 Å². The molecule has 0 saturated carbocycles. The zero-order chi connectivity index (χ0) is 23.1. The predicted octanol–water partition coefficient (Wildman–Crippen LogP) is 3.27. The SMILES string of the molecule is O=C(CN1CCC[C@H](NS(=O)(=O)c2ccc(-c3ccc(Cl)s3)s2)C1=O)N1CCC(F)(F)C1. The fraction of sp³-hybridized carbons (Fsp3) is 0.474. The van der Waals surface area contributed by atoms with Crippen LogP contribution in [0.1, 0.15) is 19.3 Å². The van der Waals surface area contributed by atoms with E-state index >= 15 is 0 Å². The number of carbonyl (C=O) groups excluding carboxylic acids is 2. The van der Waals surface area contributed by atoms with Crippen molar-refractivity contribution in [3.05, 3.63) is 28.6 Å². The lowest BCUT2D eigenvalue weighted by Gasteiger charge is -2.33. The minimum atomic E-state index is -3.96. The number of halogens is 3. The smallest absolute Gasteiger partial charge is 0.267 e. The molecule has 0 unspecified atom stereocenters. The Bertz CT molecular complexity index is 1130. The van der Waals surface area contributed by atoms with E-state index in [4.69, 9.17) is 11.6 Å². The molecule has 174 valence electrons. The summed E-state index contributed by atoms with van der Waals surface area (Å²) in [5, 5.41) is 0. The standard InChI is InChI=1S/C19H20ClF2N3O4S3/c20-15-5-3-13(30-15)14-4-6-17(31-14)32(28,29)23-12-2-1-8-24(18(12)27)10-16(26)25-9-7-19(21,22)11-25/h3-6,12,23H,1-2,7-11H2/t12-/m0/s1. The average Bonchev–Trinajstić information content (AvgIpc) is 3.44.